The van der Waals surface area contributed by atoms with Gasteiger partial charge in [0.15, 0.2) is 0 Å². The van der Waals surface area contributed by atoms with E-state index in [1.165, 1.54) is 7.11 Å². The van der Waals surface area contributed by atoms with Crippen molar-refractivity contribution in [2.75, 3.05) is 45.1 Å². The molecule has 0 aliphatic heterocycles. The highest BCUT2D eigenvalue weighted by Crippen LogP contribution is 2.28. The molecular weight excluding hydrogens is 334 g/mol. The minimum atomic E-state index is -0.797. The number of methoxy groups -OCH3 is 2. The molecule has 2 rings (SSSR count). The van der Waals surface area contributed by atoms with Gasteiger partial charge in [0.05, 0.1) is 26.0 Å². The number of nitrogens with one attached hydrogen (secondary N) is 2. The summed E-state index contributed by atoms with van der Waals surface area (Å²) in [6.45, 7) is 0.0889. The van der Waals surface area contributed by atoms with Crippen LogP contribution in [0.15, 0.2) is 42.5 Å². The molecule has 1 unspecified atom stereocenters. The number of carbonyl (C=O) groups is 1. The van der Waals surface area contributed by atoms with E-state index >= 15 is 0 Å². The SMILES string of the molecule is COc1ccc(NC(=O)NCC(O)c2ccc(N(C)C)cc2)c(OC)c1. The molecule has 2 aromatic rings. The molecule has 7 nitrogen and oxygen atoms in total. The molecule has 0 bridgehead atoms. The molecule has 26 heavy (non-hydrogen) atoms. The minimum absolute atomic E-state index is 0.0889. The number of anilines is 2. The maximum atomic E-state index is 12.1. The van der Waals surface area contributed by atoms with Gasteiger partial charge in [0.25, 0.3) is 0 Å². The topological polar surface area (TPSA) is 83.1 Å². The van der Waals surface area contributed by atoms with Crippen molar-refractivity contribution in [3.63, 3.8) is 0 Å². The van der Waals surface area contributed by atoms with Gasteiger partial charge < -0.3 is 30.1 Å². The van der Waals surface area contributed by atoms with E-state index in [-0.39, 0.29) is 6.54 Å². The first-order chi connectivity index (χ1) is 12.4. The summed E-state index contributed by atoms with van der Waals surface area (Å²) in [4.78, 5) is 14.1. The van der Waals surface area contributed by atoms with Gasteiger partial charge in [0.2, 0.25) is 0 Å². The van der Waals surface area contributed by atoms with Crippen LogP contribution in [0.25, 0.3) is 0 Å². The number of hydrogen-bond acceptors (Lipinski definition) is 5. The lowest BCUT2D eigenvalue weighted by Gasteiger charge is -2.16. The number of aliphatic hydroxyl groups excluding tert-OH is 1. The second kappa shape index (κ2) is 8.96. The minimum Gasteiger partial charge on any atom is -0.497 e. The third-order valence-electron chi connectivity index (χ3n) is 3.91. The molecule has 2 amide bonds. The summed E-state index contributed by atoms with van der Waals surface area (Å²) in [5.41, 5.74) is 2.28. The highest BCUT2D eigenvalue weighted by Gasteiger charge is 2.12. The van der Waals surface area contributed by atoms with Crippen LogP contribution in [0.2, 0.25) is 0 Å². The van der Waals surface area contributed by atoms with Gasteiger partial charge in [-0.3, -0.25) is 0 Å². The van der Waals surface area contributed by atoms with Gasteiger partial charge in [-0.2, -0.15) is 0 Å². The van der Waals surface area contributed by atoms with Crippen molar-refractivity contribution in [3.05, 3.63) is 48.0 Å². The Balaban J connectivity index is 1.92. The van der Waals surface area contributed by atoms with E-state index in [1.54, 1.807) is 25.3 Å². The highest BCUT2D eigenvalue weighted by atomic mass is 16.5. The Morgan fingerprint density at radius 2 is 1.81 bits per heavy atom. The van der Waals surface area contributed by atoms with Crippen molar-refractivity contribution >= 4 is 17.4 Å². The molecule has 0 aliphatic carbocycles. The number of aliphatic hydroxyl groups is 1. The fraction of sp³-hybridized carbons (Fsp3) is 0.316. The van der Waals surface area contributed by atoms with Crippen molar-refractivity contribution < 1.29 is 19.4 Å². The molecule has 7 heteroatoms. The molecule has 0 heterocycles. The smallest absolute Gasteiger partial charge is 0.319 e. The summed E-state index contributed by atoms with van der Waals surface area (Å²) in [5.74, 6) is 1.11. The molecule has 0 saturated heterocycles. The quantitative estimate of drug-likeness (QED) is 0.708. The van der Waals surface area contributed by atoms with Crippen LogP contribution in [0.4, 0.5) is 16.2 Å². The van der Waals surface area contributed by atoms with Crippen LogP contribution in [0.5, 0.6) is 11.5 Å². The van der Waals surface area contributed by atoms with Crippen molar-refractivity contribution in [3.8, 4) is 11.5 Å². The lowest BCUT2D eigenvalue weighted by molar-refractivity contribution is 0.175. The Morgan fingerprint density at radius 1 is 1.12 bits per heavy atom. The molecule has 0 aliphatic rings. The largest absolute Gasteiger partial charge is 0.497 e. The van der Waals surface area contributed by atoms with E-state index in [9.17, 15) is 9.90 Å². The molecule has 140 valence electrons. The van der Waals surface area contributed by atoms with E-state index in [2.05, 4.69) is 10.6 Å². The van der Waals surface area contributed by atoms with Gasteiger partial charge in [0, 0.05) is 32.4 Å². The Labute approximate surface area is 153 Å². The Bertz CT molecular complexity index is 732. The maximum Gasteiger partial charge on any atom is 0.319 e. The van der Waals surface area contributed by atoms with Crippen LogP contribution in [0.3, 0.4) is 0 Å². The Hall–Kier alpha value is -2.93. The number of carbonyl (C=O) groups excluding carboxylic acids is 1. The highest BCUT2D eigenvalue weighted by molar-refractivity contribution is 5.91. The number of rotatable bonds is 7. The number of hydrogen-bond donors (Lipinski definition) is 3. The van der Waals surface area contributed by atoms with E-state index in [1.807, 2.05) is 43.3 Å². The van der Waals surface area contributed by atoms with Gasteiger partial charge in [-0.1, -0.05) is 12.1 Å². The van der Waals surface area contributed by atoms with Crippen LogP contribution in [0.1, 0.15) is 11.7 Å². The van der Waals surface area contributed by atoms with Gasteiger partial charge >= 0.3 is 6.03 Å². The standard InChI is InChI=1S/C19H25N3O4/c1-22(2)14-7-5-13(6-8-14)17(23)12-20-19(24)21-16-10-9-15(25-3)11-18(16)26-4/h5-11,17,23H,12H2,1-4H3,(H2,20,21,24). The second-order valence-electron chi connectivity index (χ2n) is 5.90. The van der Waals surface area contributed by atoms with Crippen molar-refractivity contribution in [2.45, 2.75) is 6.10 Å². The van der Waals surface area contributed by atoms with Gasteiger partial charge in [-0.25, -0.2) is 4.79 Å². The van der Waals surface area contributed by atoms with E-state index < -0.39 is 12.1 Å². The predicted molar refractivity (Wildman–Crippen MR) is 102 cm³/mol. The maximum absolute atomic E-state index is 12.1. The monoisotopic (exact) mass is 359 g/mol. The third kappa shape index (κ3) is 5.03. The number of amides is 2. The van der Waals surface area contributed by atoms with Gasteiger partial charge in [-0.15, -0.1) is 0 Å². The summed E-state index contributed by atoms with van der Waals surface area (Å²) in [7, 11) is 6.97. The Morgan fingerprint density at radius 3 is 2.38 bits per heavy atom. The van der Waals surface area contributed by atoms with Crippen LogP contribution < -0.4 is 25.0 Å². The second-order valence-corrected chi connectivity index (χ2v) is 5.90. The summed E-state index contributed by atoms with van der Waals surface area (Å²) >= 11 is 0. The fourth-order valence-electron chi connectivity index (χ4n) is 2.37. The van der Waals surface area contributed by atoms with Crippen LogP contribution in [0, 0.1) is 0 Å². The molecule has 0 spiro atoms. The third-order valence-corrected chi connectivity index (χ3v) is 3.91. The molecule has 2 aromatic carbocycles. The zero-order valence-corrected chi connectivity index (χ0v) is 15.4. The van der Waals surface area contributed by atoms with Crippen LogP contribution in [-0.2, 0) is 0 Å². The molecular formula is C19H25N3O4. The molecule has 0 aromatic heterocycles. The fourth-order valence-corrected chi connectivity index (χ4v) is 2.37. The number of urea groups is 1. The van der Waals surface area contributed by atoms with Crippen molar-refractivity contribution in [2.24, 2.45) is 0 Å². The average Bonchev–Trinajstić information content (AvgIpc) is 2.66. The molecule has 0 radical (unpaired) electrons. The number of benzene rings is 2. The van der Waals surface area contributed by atoms with Gasteiger partial charge in [-0.05, 0) is 29.8 Å². The molecule has 1 atom stereocenters. The van der Waals surface area contributed by atoms with Crippen molar-refractivity contribution in [1.29, 1.82) is 0 Å². The summed E-state index contributed by atoms with van der Waals surface area (Å²) < 4.78 is 10.4. The summed E-state index contributed by atoms with van der Waals surface area (Å²) in [6.07, 6.45) is -0.797. The first kappa shape index (κ1) is 19.4. The van der Waals surface area contributed by atoms with Gasteiger partial charge in [0.1, 0.15) is 11.5 Å². The van der Waals surface area contributed by atoms with Crippen molar-refractivity contribution in [1.82, 2.24) is 5.32 Å². The van der Waals surface area contributed by atoms with E-state index in [0.29, 0.717) is 17.2 Å². The Kier molecular flexibility index (Phi) is 6.68. The van der Waals surface area contributed by atoms with E-state index in [0.717, 1.165) is 11.3 Å². The normalized spacial score (nSPS) is 11.4. The number of ether oxygens (including phenoxy) is 2. The lowest BCUT2D eigenvalue weighted by Crippen LogP contribution is -2.32. The molecule has 0 fully saturated rings. The first-order valence-electron chi connectivity index (χ1n) is 8.16. The molecule has 0 saturated carbocycles. The lowest BCUT2D eigenvalue weighted by atomic mass is 10.1. The average molecular weight is 359 g/mol. The van der Waals surface area contributed by atoms with Crippen LogP contribution >= 0.6 is 0 Å². The molecule has 3 N–H and O–H groups in total. The summed E-state index contributed by atoms with van der Waals surface area (Å²) in [5, 5.41) is 15.6. The van der Waals surface area contributed by atoms with E-state index in [4.69, 9.17) is 9.47 Å². The summed E-state index contributed by atoms with van der Waals surface area (Å²) in [6, 6.07) is 12.2. The predicted octanol–water partition coefficient (Wildman–Crippen LogP) is 2.62. The van der Waals surface area contributed by atoms with Crippen LogP contribution in [-0.4, -0.2) is 46.0 Å². The zero-order chi connectivity index (χ0) is 19.1. The first-order valence-corrected chi connectivity index (χ1v) is 8.16. The zero-order valence-electron chi connectivity index (χ0n) is 15.4. The number of nitrogens with zero attached hydrogens (tertiary/aromatic N) is 1.